The van der Waals surface area contributed by atoms with Crippen molar-refractivity contribution in [3.05, 3.63) is 35.0 Å². The molecule has 0 aromatic heterocycles. The number of nitrogens with zero attached hydrogens (tertiary/aromatic N) is 1. The van der Waals surface area contributed by atoms with E-state index in [1.807, 2.05) is 12.1 Å². The molecule has 0 radical (unpaired) electrons. The van der Waals surface area contributed by atoms with Crippen molar-refractivity contribution in [1.29, 1.82) is 0 Å². The number of fused-ring (bicyclic) bond motifs is 1. The third-order valence-electron chi connectivity index (χ3n) is 4.74. The van der Waals surface area contributed by atoms with Gasteiger partial charge in [0.1, 0.15) is 0 Å². The fourth-order valence-corrected chi connectivity index (χ4v) is 3.61. The predicted octanol–water partition coefficient (Wildman–Crippen LogP) is 2.42. The highest BCUT2D eigenvalue weighted by molar-refractivity contribution is 5.98. The van der Waals surface area contributed by atoms with E-state index in [0.29, 0.717) is 19.0 Å². The Hall–Kier alpha value is -2.01. The smallest absolute Gasteiger partial charge is 0.231 e. The molecule has 0 unspecified atom stereocenters. The average molecular weight is 314 g/mol. The molecule has 4 rings (SSSR count). The fourth-order valence-electron chi connectivity index (χ4n) is 3.61. The van der Waals surface area contributed by atoms with E-state index in [0.717, 1.165) is 48.9 Å². The molecule has 0 spiro atoms. The first-order valence-electron chi connectivity index (χ1n) is 8.10. The van der Waals surface area contributed by atoms with Crippen LogP contribution in [-0.4, -0.2) is 30.7 Å². The predicted molar refractivity (Wildman–Crippen MR) is 86.0 cm³/mol. The van der Waals surface area contributed by atoms with Gasteiger partial charge in [-0.3, -0.25) is 9.69 Å². The molecule has 1 aromatic carbocycles. The summed E-state index contributed by atoms with van der Waals surface area (Å²) in [5.41, 5.74) is 3.36. The molecule has 0 fully saturated rings. The van der Waals surface area contributed by atoms with E-state index < -0.39 is 0 Å². The van der Waals surface area contributed by atoms with Gasteiger partial charge in [0.2, 0.25) is 6.79 Å². The third-order valence-corrected chi connectivity index (χ3v) is 4.74. The molecule has 0 atom stereocenters. The minimum atomic E-state index is 0.0718. The van der Waals surface area contributed by atoms with Crippen LogP contribution in [-0.2, 0) is 11.3 Å². The number of carbonyl (C=O) groups is 1. The Labute approximate surface area is 136 Å². The normalized spacial score (nSPS) is 22.8. The maximum absolute atomic E-state index is 12.4. The second-order valence-electron chi connectivity index (χ2n) is 7.41. The lowest BCUT2D eigenvalue weighted by Crippen LogP contribution is -2.45. The van der Waals surface area contributed by atoms with E-state index in [2.05, 4.69) is 30.1 Å². The second kappa shape index (κ2) is 5.27. The fraction of sp³-hybridized carbons (Fsp3) is 0.500. The van der Waals surface area contributed by atoms with Gasteiger partial charge in [0.15, 0.2) is 17.3 Å². The molecule has 1 aliphatic carbocycles. The van der Waals surface area contributed by atoms with Gasteiger partial charge in [-0.1, -0.05) is 19.9 Å². The summed E-state index contributed by atoms with van der Waals surface area (Å²) in [6.07, 6.45) is 1.61. The summed E-state index contributed by atoms with van der Waals surface area (Å²) >= 11 is 0. The van der Waals surface area contributed by atoms with Crippen molar-refractivity contribution in [3.8, 4) is 11.5 Å². The molecule has 1 N–H and O–H groups in total. The largest absolute Gasteiger partial charge is 0.454 e. The summed E-state index contributed by atoms with van der Waals surface area (Å²) in [6, 6.07) is 6.04. The van der Waals surface area contributed by atoms with Crippen LogP contribution in [0.2, 0.25) is 0 Å². The first kappa shape index (κ1) is 14.6. The zero-order valence-electron chi connectivity index (χ0n) is 13.6. The number of allylic oxidation sites excluding steroid dienone is 1. The van der Waals surface area contributed by atoms with Crippen LogP contribution in [0.4, 0.5) is 0 Å². The van der Waals surface area contributed by atoms with Crippen LogP contribution in [0, 0.1) is 5.41 Å². The van der Waals surface area contributed by atoms with Crippen LogP contribution in [0.15, 0.2) is 29.5 Å². The summed E-state index contributed by atoms with van der Waals surface area (Å²) in [4.78, 5) is 14.7. The van der Waals surface area contributed by atoms with Gasteiger partial charge in [-0.25, -0.2) is 0 Å². The first-order chi connectivity index (χ1) is 11.0. The molecule has 0 saturated carbocycles. The van der Waals surface area contributed by atoms with Crippen molar-refractivity contribution in [1.82, 2.24) is 10.2 Å². The number of Topliss-reactive ketones (excluding diaryl/α,β-unsaturated/α-hetero) is 1. The number of hydrogen-bond donors (Lipinski definition) is 1. The summed E-state index contributed by atoms with van der Waals surface area (Å²) in [7, 11) is 0. The molecule has 0 saturated heterocycles. The van der Waals surface area contributed by atoms with E-state index in [1.54, 1.807) is 0 Å². The number of hydrogen-bond acceptors (Lipinski definition) is 5. The summed E-state index contributed by atoms with van der Waals surface area (Å²) in [5, 5.41) is 3.46. The Bertz CT molecular complexity index is 694. The second-order valence-corrected chi connectivity index (χ2v) is 7.41. The molecule has 5 heteroatoms. The van der Waals surface area contributed by atoms with Crippen molar-refractivity contribution < 1.29 is 14.3 Å². The van der Waals surface area contributed by atoms with Crippen molar-refractivity contribution in [2.45, 2.75) is 33.2 Å². The number of ketones is 1. The molecule has 23 heavy (non-hydrogen) atoms. The Morgan fingerprint density at radius 3 is 2.91 bits per heavy atom. The molecule has 2 aliphatic heterocycles. The van der Waals surface area contributed by atoms with Gasteiger partial charge in [-0.05, 0) is 29.5 Å². The standard InChI is InChI=1S/C18H22N2O3/c1-18(2)6-14-13(15(21)7-18)9-20(10-19-14)8-12-3-4-16-17(5-12)23-11-22-16/h3-5,19H,6-11H2,1-2H3. The van der Waals surface area contributed by atoms with Crippen LogP contribution in [0.25, 0.3) is 0 Å². The van der Waals surface area contributed by atoms with Gasteiger partial charge in [-0.2, -0.15) is 0 Å². The van der Waals surface area contributed by atoms with E-state index >= 15 is 0 Å². The highest BCUT2D eigenvalue weighted by Gasteiger charge is 2.35. The Balaban J connectivity index is 1.48. The van der Waals surface area contributed by atoms with E-state index in [4.69, 9.17) is 9.47 Å². The van der Waals surface area contributed by atoms with Crippen molar-refractivity contribution in [3.63, 3.8) is 0 Å². The number of ether oxygens (including phenoxy) is 2. The minimum absolute atomic E-state index is 0.0718. The van der Waals surface area contributed by atoms with Crippen LogP contribution >= 0.6 is 0 Å². The van der Waals surface area contributed by atoms with E-state index in [-0.39, 0.29) is 5.41 Å². The number of nitrogens with one attached hydrogen (secondary N) is 1. The summed E-state index contributed by atoms with van der Waals surface area (Å²) in [5.74, 6) is 1.90. The Morgan fingerprint density at radius 1 is 1.22 bits per heavy atom. The van der Waals surface area contributed by atoms with Crippen LogP contribution < -0.4 is 14.8 Å². The highest BCUT2D eigenvalue weighted by atomic mass is 16.7. The molecule has 2 heterocycles. The third kappa shape index (κ3) is 2.81. The molecule has 5 nitrogen and oxygen atoms in total. The van der Waals surface area contributed by atoms with Crippen molar-refractivity contribution in [2.75, 3.05) is 20.0 Å². The highest BCUT2D eigenvalue weighted by Crippen LogP contribution is 2.37. The SMILES string of the molecule is CC1(C)CC(=O)C2=C(C1)NCN(Cc1ccc3c(c1)OCO3)C2. The maximum atomic E-state index is 12.4. The van der Waals surface area contributed by atoms with Crippen molar-refractivity contribution in [2.24, 2.45) is 5.41 Å². The van der Waals surface area contributed by atoms with Crippen LogP contribution in [0.1, 0.15) is 32.3 Å². The van der Waals surface area contributed by atoms with Gasteiger partial charge in [0.25, 0.3) is 0 Å². The lowest BCUT2D eigenvalue weighted by atomic mass is 9.75. The average Bonchev–Trinajstić information content (AvgIpc) is 2.94. The Kier molecular flexibility index (Phi) is 3.34. The molecule has 122 valence electrons. The van der Waals surface area contributed by atoms with Gasteiger partial charge in [-0.15, -0.1) is 0 Å². The van der Waals surface area contributed by atoms with Gasteiger partial charge in [0, 0.05) is 30.8 Å². The molecule has 0 amide bonds. The zero-order chi connectivity index (χ0) is 16.0. The molecular formula is C18H22N2O3. The summed E-state index contributed by atoms with van der Waals surface area (Å²) < 4.78 is 10.8. The molecule has 3 aliphatic rings. The molecular weight excluding hydrogens is 292 g/mol. The number of benzene rings is 1. The maximum Gasteiger partial charge on any atom is 0.231 e. The summed E-state index contributed by atoms with van der Waals surface area (Å²) in [6.45, 7) is 6.91. The first-order valence-corrected chi connectivity index (χ1v) is 8.10. The topological polar surface area (TPSA) is 50.8 Å². The van der Waals surface area contributed by atoms with E-state index in [9.17, 15) is 4.79 Å². The van der Waals surface area contributed by atoms with Crippen LogP contribution in [0.3, 0.4) is 0 Å². The van der Waals surface area contributed by atoms with Crippen LogP contribution in [0.5, 0.6) is 11.5 Å². The zero-order valence-corrected chi connectivity index (χ0v) is 13.6. The number of carbonyl (C=O) groups excluding carboxylic acids is 1. The lowest BCUT2D eigenvalue weighted by Gasteiger charge is -2.39. The quantitative estimate of drug-likeness (QED) is 0.908. The molecule has 1 aromatic rings. The van der Waals surface area contributed by atoms with Gasteiger partial charge < -0.3 is 14.8 Å². The minimum Gasteiger partial charge on any atom is -0.454 e. The molecule has 0 bridgehead atoms. The van der Waals surface area contributed by atoms with Gasteiger partial charge in [0.05, 0.1) is 6.67 Å². The van der Waals surface area contributed by atoms with Crippen molar-refractivity contribution >= 4 is 5.78 Å². The monoisotopic (exact) mass is 314 g/mol. The Morgan fingerprint density at radius 2 is 2.04 bits per heavy atom. The lowest BCUT2D eigenvalue weighted by molar-refractivity contribution is -0.118. The van der Waals surface area contributed by atoms with Gasteiger partial charge >= 0.3 is 0 Å². The van der Waals surface area contributed by atoms with E-state index in [1.165, 1.54) is 5.56 Å². The number of rotatable bonds is 2.